The lowest BCUT2D eigenvalue weighted by molar-refractivity contribution is 1.22. The molecular formula is C52H39B6NS. The summed E-state index contributed by atoms with van der Waals surface area (Å²) in [6.07, 6.45) is 0. The van der Waals surface area contributed by atoms with E-state index < -0.39 is 0 Å². The maximum absolute atomic E-state index is 2.66. The van der Waals surface area contributed by atoms with Crippen LogP contribution in [0, 0.1) is 0 Å². The first kappa shape index (κ1) is 36.8. The van der Waals surface area contributed by atoms with Crippen molar-refractivity contribution in [2.24, 2.45) is 0 Å². The molecule has 0 fully saturated rings. The van der Waals surface area contributed by atoms with Gasteiger partial charge in [-0.3, -0.25) is 0 Å². The molecule has 0 amide bonds. The topological polar surface area (TPSA) is 3.24 Å². The van der Waals surface area contributed by atoms with Gasteiger partial charge in [-0.15, -0.1) is 0 Å². The molecule has 0 bridgehead atoms. The lowest BCUT2D eigenvalue weighted by Crippen LogP contribution is -2.44. The summed E-state index contributed by atoms with van der Waals surface area (Å²) in [6, 6.07) is 60.5. The third-order valence-corrected chi connectivity index (χ3v) is 14.8. The predicted molar refractivity (Wildman–Crippen MR) is 281 cm³/mol. The van der Waals surface area contributed by atoms with Gasteiger partial charge in [-0.05, 0) is 89.3 Å². The van der Waals surface area contributed by atoms with Gasteiger partial charge < -0.3 is 4.90 Å². The van der Waals surface area contributed by atoms with Crippen LogP contribution in [0.25, 0.3) is 76.5 Å². The number of nitrogens with zero attached hydrogens (tertiary/aromatic N) is 1. The van der Waals surface area contributed by atoms with Crippen molar-refractivity contribution >= 4 is 152 Å². The van der Waals surface area contributed by atoms with Gasteiger partial charge in [0, 0.05) is 15.2 Å². The molecule has 0 radical (unpaired) electrons. The molecule has 11 rings (SSSR count). The molecule has 0 atom stereocenters. The number of hydrogen-bond donors (Lipinski definition) is 0. The van der Waals surface area contributed by atoms with Gasteiger partial charge in [-0.25, -0.2) is 0 Å². The van der Waals surface area contributed by atoms with Crippen LogP contribution in [0.15, 0.2) is 174 Å². The average molecular weight is 775 g/mol. The van der Waals surface area contributed by atoms with Crippen LogP contribution in [-0.4, -0.2) is 47.1 Å². The quantitative estimate of drug-likeness (QED) is 0.187. The second-order valence-electron chi connectivity index (χ2n) is 16.6. The third-order valence-electron chi connectivity index (χ3n) is 13.4. The summed E-state index contributed by atoms with van der Waals surface area (Å²) in [7, 11) is 14.1. The Morgan fingerprint density at radius 1 is 0.333 bits per heavy atom. The molecule has 0 spiro atoms. The molecule has 1 aliphatic rings. The minimum atomic E-state index is 1.22. The van der Waals surface area contributed by atoms with Crippen LogP contribution in [0.3, 0.4) is 0 Å². The van der Waals surface area contributed by atoms with Gasteiger partial charge in [-0.2, -0.15) is 0 Å². The fraction of sp³-hybridized carbons (Fsp3) is 0. The Morgan fingerprint density at radius 3 is 1.45 bits per heavy atom. The van der Waals surface area contributed by atoms with Crippen molar-refractivity contribution in [3.05, 3.63) is 164 Å². The Morgan fingerprint density at radius 2 is 0.800 bits per heavy atom. The molecule has 0 aromatic heterocycles. The zero-order valence-corrected chi connectivity index (χ0v) is 35.8. The zero-order chi connectivity index (χ0) is 40.8. The molecule has 8 heteroatoms. The van der Waals surface area contributed by atoms with E-state index in [4.69, 9.17) is 0 Å². The van der Waals surface area contributed by atoms with Crippen molar-refractivity contribution in [1.82, 2.24) is 0 Å². The molecule has 10 aromatic carbocycles. The van der Waals surface area contributed by atoms with E-state index in [1.165, 1.54) is 136 Å². The van der Waals surface area contributed by atoms with E-state index in [0.717, 1.165) is 0 Å². The fourth-order valence-electron chi connectivity index (χ4n) is 10.3. The largest absolute Gasteiger partial charge is 0.309 e. The molecule has 0 saturated heterocycles. The van der Waals surface area contributed by atoms with Crippen molar-refractivity contribution in [2.45, 2.75) is 9.79 Å². The van der Waals surface area contributed by atoms with E-state index in [1.54, 1.807) is 0 Å². The number of benzene rings is 10. The maximum atomic E-state index is 2.66. The van der Waals surface area contributed by atoms with E-state index in [-0.39, 0.29) is 0 Å². The van der Waals surface area contributed by atoms with Gasteiger partial charge in [0.25, 0.3) is 0 Å². The number of fused-ring (bicyclic) bond motifs is 8. The predicted octanol–water partition coefficient (Wildman–Crippen LogP) is 4.79. The first-order valence-electron chi connectivity index (χ1n) is 21.0. The van der Waals surface area contributed by atoms with Crippen LogP contribution in [0.2, 0.25) is 0 Å². The maximum Gasteiger partial charge on any atom is 0.141 e. The molecule has 1 heterocycles. The monoisotopic (exact) mass is 775 g/mol. The minimum absolute atomic E-state index is 1.22. The summed E-state index contributed by atoms with van der Waals surface area (Å²) in [6.45, 7) is 0. The molecule has 0 aliphatic carbocycles. The molecule has 276 valence electrons. The van der Waals surface area contributed by atoms with Crippen molar-refractivity contribution < 1.29 is 0 Å². The second-order valence-corrected chi connectivity index (χ2v) is 17.6. The van der Waals surface area contributed by atoms with Gasteiger partial charge in [-0.1, -0.05) is 190 Å². The van der Waals surface area contributed by atoms with Crippen molar-refractivity contribution in [3.63, 3.8) is 0 Å². The molecule has 60 heavy (non-hydrogen) atoms. The third kappa shape index (κ3) is 5.50. The first-order valence-corrected chi connectivity index (χ1v) is 21.8. The lowest BCUT2D eigenvalue weighted by atomic mass is 9.68. The number of rotatable bonds is 4. The molecule has 0 unspecified atom stereocenters. The highest BCUT2D eigenvalue weighted by atomic mass is 32.2. The fourth-order valence-corrected chi connectivity index (χ4v) is 11.7. The molecule has 10 aromatic rings. The SMILES string of the molecule is Bc1c(B)c2c(c(B)c1-c1cccc(-c3ccccc3)c1)Sc1c(B)c(-c3cc4ccccc4c4ccccc34)c(B)c(B)c1N2c1cc2ccccc2c2ccccc12. The molecule has 0 saturated carbocycles. The highest BCUT2D eigenvalue weighted by Gasteiger charge is 2.35. The Labute approximate surface area is 361 Å². The van der Waals surface area contributed by atoms with E-state index in [2.05, 4.69) is 216 Å². The first-order chi connectivity index (χ1) is 29.3. The zero-order valence-electron chi connectivity index (χ0n) is 34.9. The molecular weight excluding hydrogens is 736 g/mol. The summed E-state index contributed by atoms with van der Waals surface area (Å²) in [5.74, 6) is 0. The van der Waals surface area contributed by atoms with Gasteiger partial charge in [0.2, 0.25) is 0 Å². The summed E-state index contributed by atoms with van der Waals surface area (Å²) in [5.41, 5.74) is 19.4. The van der Waals surface area contributed by atoms with Crippen LogP contribution >= 0.6 is 11.8 Å². The molecule has 1 aliphatic heterocycles. The summed E-state index contributed by atoms with van der Waals surface area (Å²) >= 11 is 1.97. The van der Waals surface area contributed by atoms with Crippen molar-refractivity contribution in [2.75, 3.05) is 4.90 Å². The Bertz CT molecular complexity index is 3440. The number of hydrogen-bond acceptors (Lipinski definition) is 2. The summed E-state index contributed by atoms with van der Waals surface area (Å²) in [5, 5.41) is 10.2. The molecule has 0 N–H and O–H groups in total. The van der Waals surface area contributed by atoms with Gasteiger partial charge in [0.1, 0.15) is 47.1 Å². The normalized spacial score (nSPS) is 12.3. The van der Waals surface area contributed by atoms with Crippen molar-refractivity contribution in [1.29, 1.82) is 0 Å². The van der Waals surface area contributed by atoms with E-state index in [1.807, 2.05) is 11.8 Å². The Kier molecular flexibility index (Phi) is 8.72. The van der Waals surface area contributed by atoms with E-state index in [9.17, 15) is 0 Å². The van der Waals surface area contributed by atoms with Crippen LogP contribution in [-0.2, 0) is 0 Å². The van der Waals surface area contributed by atoms with Crippen molar-refractivity contribution in [3.8, 4) is 33.4 Å². The van der Waals surface area contributed by atoms with Gasteiger partial charge in [0.05, 0.1) is 17.1 Å². The molecule has 1 nitrogen and oxygen atoms in total. The average Bonchev–Trinajstić information content (AvgIpc) is 3.29. The summed E-state index contributed by atoms with van der Waals surface area (Å²) in [4.78, 5) is 5.31. The Hall–Kier alpha value is -6.22. The highest BCUT2D eigenvalue weighted by Crippen LogP contribution is 2.52. The van der Waals surface area contributed by atoms with E-state index in [0.29, 0.717) is 0 Å². The summed E-state index contributed by atoms with van der Waals surface area (Å²) < 4.78 is 0. The second kappa shape index (κ2) is 14.2. The highest BCUT2D eigenvalue weighted by molar-refractivity contribution is 8.00. The van der Waals surface area contributed by atoms with Gasteiger partial charge >= 0.3 is 0 Å². The minimum Gasteiger partial charge on any atom is -0.309 e. The van der Waals surface area contributed by atoms with Crippen LogP contribution in [0.5, 0.6) is 0 Å². The Balaban J connectivity index is 1.24. The smallest absolute Gasteiger partial charge is 0.141 e. The lowest BCUT2D eigenvalue weighted by Gasteiger charge is -2.41. The van der Waals surface area contributed by atoms with Crippen LogP contribution < -0.4 is 37.7 Å². The van der Waals surface area contributed by atoms with Crippen LogP contribution in [0.1, 0.15) is 0 Å². The van der Waals surface area contributed by atoms with Gasteiger partial charge in [0.15, 0.2) is 0 Å². The number of anilines is 3. The standard InChI is InChI=1S/C52H39B6NS/c53-43-41(32-18-12-17-29(25-32)28-13-2-1-3-14-28)45(55)51-49(47(43)57)59(40-27-31-16-5-7-20-34(31)36-22-10-11-24-38(36)40)50-48(58)44(54)42(46(56)52(50)60-51)39-26-30-15-4-6-19-33(30)35-21-8-9-23-37(35)39/h1-27H,53-58H2. The van der Waals surface area contributed by atoms with E-state index >= 15 is 0 Å². The van der Waals surface area contributed by atoms with Crippen LogP contribution in [0.4, 0.5) is 17.1 Å².